The first-order chi connectivity index (χ1) is 13.2. The highest BCUT2D eigenvalue weighted by atomic mass is 16.4. The molecule has 2 amide bonds. The number of amides is 2. The first kappa shape index (κ1) is 17.8. The lowest BCUT2D eigenvalue weighted by atomic mass is 10.2. The first-order valence-electron chi connectivity index (χ1n) is 9.67. The van der Waals surface area contributed by atoms with Crippen LogP contribution in [0.25, 0.3) is 0 Å². The second-order valence-corrected chi connectivity index (χ2v) is 7.25. The van der Waals surface area contributed by atoms with E-state index in [1.165, 1.54) is 12.8 Å². The third-order valence-corrected chi connectivity index (χ3v) is 5.24. The predicted octanol–water partition coefficient (Wildman–Crippen LogP) is 2.93. The minimum absolute atomic E-state index is 0.179. The summed E-state index contributed by atoms with van der Waals surface area (Å²) in [5.41, 5.74) is 1.91. The van der Waals surface area contributed by atoms with Gasteiger partial charge in [0.2, 0.25) is 5.91 Å². The van der Waals surface area contributed by atoms with Crippen LogP contribution in [0.4, 0.5) is 5.69 Å². The molecule has 27 heavy (non-hydrogen) atoms. The summed E-state index contributed by atoms with van der Waals surface area (Å²) in [6.45, 7) is 4.18. The first-order valence-corrected chi connectivity index (χ1v) is 9.67. The molecule has 0 spiro atoms. The van der Waals surface area contributed by atoms with Gasteiger partial charge in [-0.1, -0.05) is 12.1 Å². The van der Waals surface area contributed by atoms with Gasteiger partial charge in [0.05, 0.1) is 6.54 Å². The zero-order valence-corrected chi connectivity index (χ0v) is 15.4. The van der Waals surface area contributed by atoms with Gasteiger partial charge in [-0.2, -0.15) is 0 Å². The maximum absolute atomic E-state index is 12.3. The molecular formula is C21H25N3O3. The molecule has 1 N–H and O–H groups in total. The van der Waals surface area contributed by atoms with Crippen molar-refractivity contribution in [3.05, 3.63) is 53.5 Å². The maximum Gasteiger partial charge on any atom is 0.287 e. The number of carbonyl (C=O) groups excluding carboxylic acids is 2. The molecule has 4 rings (SSSR count). The Kier molecular flexibility index (Phi) is 5.25. The third kappa shape index (κ3) is 4.22. The maximum atomic E-state index is 12.3. The summed E-state index contributed by atoms with van der Waals surface area (Å²) in [6, 6.07) is 11.4. The molecule has 0 aliphatic carbocycles. The third-order valence-electron chi connectivity index (χ3n) is 5.24. The summed E-state index contributed by atoms with van der Waals surface area (Å²) in [5, 5.41) is 2.89. The molecular weight excluding hydrogens is 342 g/mol. The lowest BCUT2D eigenvalue weighted by Crippen LogP contribution is -2.24. The number of nitrogens with one attached hydrogen (secondary N) is 1. The molecule has 2 saturated heterocycles. The molecule has 0 unspecified atom stereocenters. The Bertz CT molecular complexity index is 806. The Morgan fingerprint density at radius 1 is 1.00 bits per heavy atom. The van der Waals surface area contributed by atoms with Crippen LogP contribution in [0.3, 0.4) is 0 Å². The minimum atomic E-state index is -0.207. The number of hydrogen-bond donors (Lipinski definition) is 1. The van der Waals surface area contributed by atoms with Crippen molar-refractivity contribution in [2.24, 2.45) is 0 Å². The van der Waals surface area contributed by atoms with E-state index < -0.39 is 0 Å². The Labute approximate surface area is 159 Å². The van der Waals surface area contributed by atoms with Gasteiger partial charge in [0.15, 0.2) is 5.76 Å². The smallest absolute Gasteiger partial charge is 0.287 e. The van der Waals surface area contributed by atoms with Crippen molar-refractivity contribution in [1.29, 1.82) is 0 Å². The number of nitrogens with zero attached hydrogens (tertiary/aromatic N) is 2. The summed E-state index contributed by atoms with van der Waals surface area (Å²) >= 11 is 0. The SMILES string of the molecule is O=C(NCc1ccc(N2CCCC2=O)cc1)c1ccc(CN2CCCC2)o1. The Hall–Kier alpha value is -2.60. The van der Waals surface area contributed by atoms with Crippen LogP contribution in [-0.2, 0) is 17.9 Å². The van der Waals surface area contributed by atoms with Crippen LogP contribution in [0.1, 0.15) is 47.6 Å². The van der Waals surface area contributed by atoms with E-state index in [9.17, 15) is 9.59 Å². The van der Waals surface area contributed by atoms with Crippen molar-refractivity contribution in [2.45, 2.75) is 38.8 Å². The molecule has 0 atom stereocenters. The Balaban J connectivity index is 1.30. The highest BCUT2D eigenvalue weighted by Crippen LogP contribution is 2.21. The van der Waals surface area contributed by atoms with E-state index in [0.29, 0.717) is 18.7 Å². The Morgan fingerprint density at radius 2 is 1.78 bits per heavy atom. The van der Waals surface area contributed by atoms with Crippen LogP contribution in [-0.4, -0.2) is 36.3 Å². The summed E-state index contributed by atoms with van der Waals surface area (Å²) < 4.78 is 5.70. The predicted molar refractivity (Wildman–Crippen MR) is 102 cm³/mol. The normalized spacial score (nSPS) is 17.6. The van der Waals surface area contributed by atoms with Crippen LogP contribution < -0.4 is 10.2 Å². The van der Waals surface area contributed by atoms with E-state index in [1.807, 2.05) is 35.2 Å². The molecule has 142 valence electrons. The van der Waals surface area contributed by atoms with Crippen molar-refractivity contribution in [1.82, 2.24) is 10.2 Å². The lowest BCUT2D eigenvalue weighted by Gasteiger charge is -2.16. The van der Waals surface area contributed by atoms with Crippen LogP contribution in [0.2, 0.25) is 0 Å². The molecule has 2 aliphatic heterocycles. The topological polar surface area (TPSA) is 65.8 Å². The molecule has 2 aliphatic rings. The summed E-state index contributed by atoms with van der Waals surface area (Å²) in [5.74, 6) is 1.16. The summed E-state index contributed by atoms with van der Waals surface area (Å²) in [6.07, 6.45) is 4.01. The number of carbonyl (C=O) groups is 2. The molecule has 0 saturated carbocycles. The summed E-state index contributed by atoms with van der Waals surface area (Å²) in [7, 11) is 0. The molecule has 2 fully saturated rings. The van der Waals surface area contributed by atoms with Gasteiger partial charge in [0.1, 0.15) is 5.76 Å². The van der Waals surface area contributed by atoms with Crippen molar-refractivity contribution in [2.75, 3.05) is 24.5 Å². The second-order valence-electron chi connectivity index (χ2n) is 7.25. The molecule has 0 radical (unpaired) electrons. The van der Waals surface area contributed by atoms with Gasteiger partial charge in [-0.05, 0) is 62.2 Å². The fourth-order valence-electron chi connectivity index (χ4n) is 3.73. The van der Waals surface area contributed by atoms with Crippen molar-refractivity contribution in [3.63, 3.8) is 0 Å². The largest absolute Gasteiger partial charge is 0.455 e. The standard InChI is InChI=1S/C21H25N3O3/c25-20-4-3-13-24(20)17-7-5-16(6-8-17)14-22-21(26)19-10-9-18(27-19)15-23-11-1-2-12-23/h5-10H,1-4,11-15H2,(H,22,26). The molecule has 6 nitrogen and oxygen atoms in total. The zero-order valence-electron chi connectivity index (χ0n) is 15.4. The van der Waals surface area contributed by atoms with Gasteiger partial charge < -0.3 is 14.6 Å². The Morgan fingerprint density at radius 3 is 2.48 bits per heavy atom. The molecule has 1 aromatic heterocycles. The van der Waals surface area contributed by atoms with Crippen molar-refractivity contribution in [3.8, 4) is 0 Å². The van der Waals surface area contributed by atoms with E-state index >= 15 is 0 Å². The lowest BCUT2D eigenvalue weighted by molar-refractivity contribution is -0.117. The van der Waals surface area contributed by atoms with E-state index in [4.69, 9.17) is 4.42 Å². The number of rotatable bonds is 6. The van der Waals surface area contributed by atoms with Crippen molar-refractivity contribution >= 4 is 17.5 Å². The molecule has 2 aromatic rings. The number of anilines is 1. The fourth-order valence-corrected chi connectivity index (χ4v) is 3.73. The average molecular weight is 367 g/mol. The number of hydrogen-bond acceptors (Lipinski definition) is 4. The highest BCUT2D eigenvalue weighted by Gasteiger charge is 2.21. The zero-order chi connectivity index (χ0) is 18.6. The van der Waals surface area contributed by atoms with Crippen LogP contribution in [0, 0.1) is 0 Å². The molecule has 6 heteroatoms. The number of likely N-dealkylation sites (tertiary alicyclic amines) is 1. The van der Waals surface area contributed by atoms with Crippen LogP contribution >= 0.6 is 0 Å². The molecule has 0 bridgehead atoms. The number of furan rings is 1. The average Bonchev–Trinajstić information content (AvgIpc) is 3.43. The number of benzene rings is 1. The van der Waals surface area contributed by atoms with E-state index in [1.54, 1.807) is 6.07 Å². The van der Waals surface area contributed by atoms with Gasteiger partial charge in [0.25, 0.3) is 5.91 Å². The summed E-state index contributed by atoms with van der Waals surface area (Å²) in [4.78, 5) is 28.3. The molecule has 1 aromatic carbocycles. The van der Waals surface area contributed by atoms with Crippen LogP contribution in [0.15, 0.2) is 40.8 Å². The van der Waals surface area contributed by atoms with Gasteiger partial charge in [-0.25, -0.2) is 0 Å². The molecule has 3 heterocycles. The van der Waals surface area contributed by atoms with Gasteiger partial charge in [0, 0.05) is 25.2 Å². The fraction of sp³-hybridized carbons (Fsp3) is 0.429. The quantitative estimate of drug-likeness (QED) is 0.853. The van der Waals surface area contributed by atoms with E-state index in [-0.39, 0.29) is 11.8 Å². The van der Waals surface area contributed by atoms with E-state index in [2.05, 4.69) is 10.2 Å². The second kappa shape index (κ2) is 7.96. The van der Waals surface area contributed by atoms with Gasteiger partial charge in [-0.15, -0.1) is 0 Å². The van der Waals surface area contributed by atoms with Gasteiger partial charge >= 0.3 is 0 Å². The van der Waals surface area contributed by atoms with Crippen molar-refractivity contribution < 1.29 is 14.0 Å². The van der Waals surface area contributed by atoms with Crippen LogP contribution in [0.5, 0.6) is 0 Å². The minimum Gasteiger partial charge on any atom is -0.455 e. The van der Waals surface area contributed by atoms with Gasteiger partial charge in [-0.3, -0.25) is 14.5 Å². The highest BCUT2D eigenvalue weighted by molar-refractivity contribution is 5.95. The monoisotopic (exact) mass is 367 g/mol. The van der Waals surface area contributed by atoms with E-state index in [0.717, 1.165) is 49.6 Å².